The molecular weight excluding hydrogens is 729 g/mol. The molecule has 316 valence electrons. The van der Waals surface area contributed by atoms with Crippen LogP contribution in [0.2, 0.25) is 0 Å². The number of epoxide rings is 2. The third-order valence-electron chi connectivity index (χ3n) is 14.1. The van der Waals surface area contributed by atoms with Crippen molar-refractivity contribution in [3.8, 4) is 34.3 Å². The van der Waals surface area contributed by atoms with Gasteiger partial charge in [0, 0.05) is 24.0 Å². The predicted molar refractivity (Wildman–Crippen MR) is 238 cm³/mol. The smallest absolute Gasteiger partial charge is 0.167 e. The molecule has 2 aromatic carbocycles. The van der Waals surface area contributed by atoms with E-state index in [-0.39, 0.29) is 24.4 Å². The molecule has 7 heteroatoms. The van der Waals surface area contributed by atoms with Crippen LogP contribution in [-0.4, -0.2) is 44.4 Å². The first-order valence-electron chi connectivity index (χ1n) is 23.9. The van der Waals surface area contributed by atoms with Gasteiger partial charge in [-0.2, -0.15) is 0 Å². The van der Waals surface area contributed by atoms with Crippen LogP contribution in [0.3, 0.4) is 0 Å². The van der Waals surface area contributed by atoms with Crippen LogP contribution >= 0.6 is 0 Å². The van der Waals surface area contributed by atoms with Gasteiger partial charge >= 0.3 is 0 Å². The second kappa shape index (κ2) is 20.3. The number of hydrogen-bond acceptors (Lipinski definition) is 7. The van der Waals surface area contributed by atoms with E-state index in [1.54, 1.807) is 0 Å². The first-order valence-corrected chi connectivity index (χ1v) is 23.9. The molecular formula is C52H70N4O3. The highest BCUT2D eigenvalue weighted by Crippen LogP contribution is 2.41. The Morgan fingerprint density at radius 3 is 1.27 bits per heavy atom. The summed E-state index contributed by atoms with van der Waals surface area (Å²) in [6.45, 7) is 9.10. The van der Waals surface area contributed by atoms with Crippen molar-refractivity contribution in [2.75, 3.05) is 0 Å². The number of nitrogens with zero attached hydrogens (tertiary/aromatic N) is 4. The van der Waals surface area contributed by atoms with Crippen LogP contribution in [-0.2, 0) is 22.3 Å². The van der Waals surface area contributed by atoms with Gasteiger partial charge in [-0.25, -0.2) is 19.9 Å². The Labute approximate surface area is 354 Å². The van der Waals surface area contributed by atoms with Gasteiger partial charge in [0.15, 0.2) is 23.1 Å². The van der Waals surface area contributed by atoms with Crippen molar-refractivity contribution in [1.29, 1.82) is 0 Å². The molecule has 7 nitrogen and oxygen atoms in total. The Hall–Kier alpha value is -3.68. The topological polar surface area (TPSA) is 85.9 Å². The molecule has 4 aliphatic rings. The van der Waals surface area contributed by atoms with E-state index >= 15 is 0 Å². The molecule has 4 atom stereocenters. The Kier molecular flexibility index (Phi) is 14.4. The minimum Gasteiger partial charge on any atom is -0.450 e. The summed E-state index contributed by atoms with van der Waals surface area (Å²) in [6, 6.07) is 18.1. The molecule has 0 N–H and O–H groups in total. The average molecular weight is 799 g/mol. The normalized spacial score (nSPS) is 26.4. The molecule has 2 saturated heterocycles. The molecule has 2 aliphatic carbocycles. The summed E-state index contributed by atoms with van der Waals surface area (Å²) in [6.07, 6.45) is 28.7. The largest absolute Gasteiger partial charge is 0.450 e. The Morgan fingerprint density at radius 2 is 0.898 bits per heavy atom. The van der Waals surface area contributed by atoms with Crippen molar-refractivity contribution in [2.45, 2.75) is 192 Å². The van der Waals surface area contributed by atoms with Crippen LogP contribution in [0.4, 0.5) is 0 Å². The fraction of sp³-hybridized carbons (Fsp3) is 0.615. The highest BCUT2D eigenvalue weighted by atomic mass is 16.6. The second-order valence-corrected chi connectivity index (χ2v) is 18.5. The Balaban J connectivity index is 1.02. The fourth-order valence-electron chi connectivity index (χ4n) is 10.3. The Bertz CT molecular complexity index is 1780. The zero-order chi connectivity index (χ0) is 40.6. The maximum absolute atomic E-state index is 6.80. The fourth-order valence-corrected chi connectivity index (χ4v) is 10.3. The highest BCUT2D eigenvalue weighted by Gasteiger charge is 2.40. The average Bonchev–Trinajstić information content (AvgIpc) is 4.21. The van der Waals surface area contributed by atoms with Crippen LogP contribution in [0.1, 0.15) is 178 Å². The summed E-state index contributed by atoms with van der Waals surface area (Å²) >= 11 is 0. The van der Waals surface area contributed by atoms with Crippen LogP contribution in [0.5, 0.6) is 11.5 Å². The van der Waals surface area contributed by atoms with E-state index in [1.807, 2.05) is 12.4 Å². The standard InChI is InChI=1S/C52H70N4O3/c1-5-9-13-45-47(57-45)31-43-49(33-53-51(55-43)41-27-23-39(24-28-41)37-19-15-35(11-7-3)16-20-37)59-50-34-54-52(56-44(50)32-48-46(58-48)14-10-6-2)42-29-25-40(26-30-42)38-21-17-36(12-8-4)18-22-38/h23-30,33-38,45-48H,5-22,31-32H2,1-4H3/t35?,36?,37?,38?,45-,46-,47-,48-/m0/s1. The number of unbranched alkanes of at least 4 members (excludes halogenated alkanes) is 2. The van der Waals surface area contributed by atoms with Crippen molar-refractivity contribution in [3.05, 3.63) is 83.4 Å². The zero-order valence-corrected chi connectivity index (χ0v) is 36.5. The van der Waals surface area contributed by atoms with E-state index < -0.39 is 0 Å². The second-order valence-electron chi connectivity index (χ2n) is 18.5. The number of ether oxygens (including phenoxy) is 3. The molecule has 8 rings (SSSR count). The molecule has 2 aliphatic heterocycles. The molecule has 4 heterocycles. The van der Waals surface area contributed by atoms with E-state index in [2.05, 4.69) is 76.2 Å². The summed E-state index contributed by atoms with van der Waals surface area (Å²) in [5.41, 5.74) is 6.70. The van der Waals surface area contributed by atoms with Gasteiger partial charge in [-0.05, 0) is 99.0 Å². The van der Waals surface area contributed by atoms with Gasteiger partial charge in [0.05, 0.1) is 48.2 Å². The van der Waals surface area contributed by atoms with Gasteiger partial charge < -0.3 is 14.2 Å². The first kappa shape index (κ1) is 42.0. The van der Waals surface area contributed by atoms with Gasteiger partial charge in [0.25, 0.3) is 0 Å². The maximum atomic E-state index is 6.80. The van der Waals surface area contributed by atoms with Crippen molar-refractivity contribution >= 4 is 0 Å². The SMILES string of the molecule is CCCC[C@@H]1O[C@H]1Cc1nc(-c2ccc(C3CCC(CCC)CC3)cc2)ncc1Oc1cnc(-c2ccc(C3CCC(CCC)CC3)cc2)nc1C[C@@H]1O[C@H]1CCCC. The van der Waals surface area contributed by atoms with Crippen molar-refractivity contribution in [2.24, 2.45) is 11.8 Å². The lowest BCUT2D eigenvalue weighted by Gasteiger charge is -2.28. The molecule has 0 amide bonds. The summed E-state index contributed by atoms with van der Waals surface area (Å²) in [7, 11) is 0. The molecule has 59 heavy (non-hydrogen) atoms. The molecule has 2 saturated carbocycles. The van der Waals surface area contributed by atoms with Crippen molar-refractivity contribution in [3.63, 3.8) is 0 Å². The predicted octanol–water partition coefficient (Wildman–Crippen LogP) is 13.5. The van der Waals surface area contributed by atoms with Crippen LogP contribution in [0.15, 0.2) is 60.9 Å². The highest BCUT2D eigenvalue weighted by molar-refractivity contribution is 5.58. The lowest BCUT2D eigenvalue weighted by molar-refractivity contribution is 0.308. The minimum atomic E-state index is 0.142. The van der Waals surface area contributed by atoms with Gasteiger partial charge in [-0.1, -0.05) is 128 Å². The maximum Gasteiger partial charge on any atom is 0.167 e. The van der Waals surface area contributed by atoms with E-state index in [0.29, 0.717) is 36.2 Å². The number of benzene rings is 2. The zero-order valence-electron chi connectivity index (χ0n) is 36.5. The lowest BCUT2D eigenvalue weighted by Crippen LogP contribution is -2.13. The van der Waals surface area contributed by atoms with Gasteiger partial charge in [0.2, 0.25) is 0 Å². The van der Waals surface area contributed by atoms with Crippen molar-refractivity contribution in [1.82, 2.24) is 19.9 Å². The van der Waals surface area contributed by atoms with Crippen LogP contribution in [0, 0.1) is 11.8 Å². The van der Waals surface area contributed by atoms with Crippen LogP contribution < -0.4 is 4.74 Å². The number of hydrogen-bond donors (Lipinski definition) is 0. The lowest BCUT2D eigenvalue weighted by atomic mass is 9.77. The summed E-state index contributed by atoms with van der Waals surface area (Å²) in [5, 5.41) is 0. The Morgan fingerprint density at radius 1 is 0.492 bits per heavy atom. The summed E-state index contributed by atoms with van der Waals surface area (Å²) < 4.78 is 19.2. The van der Waals surface area contributed by atoms with Gasteiger partial charge in [0.1, 0.15) is 0 Å². The molecule has 2 aromatic heterocycles. The van der Waals surface area contributed by atoms with Crippen molar-refractivity contribution < 1.29 is 14.2 Å². The van der Waals surface area contributed by atoms with E-state index in [4.69, 9.17) is 34.1 Å². The summed E-state index contributed by atoms with van der Waals surface area (Å²) in [4.78, 5) is 20.2. The van der Waals surface area contributed by atoms with E-state index in [1.165, 1.54) is 114 Å². The van der Waals surface area contributed by atoms with E-state index in [0.717, 1.165) is 58.8 Å². The van der Waals surface area contributed by atoms with Gasteiger partial charge in [-0.15, -0.1) is 0 Å². The molecule has 4 fully saturated rings. The van der Waals surface area contributed by atoms with Gasteiger partial charge in [-0.3, -0.25) is 0 Å². The van der Waals surface area contributed by atoms with E-state index in [9.17, 15) is 0 Å². The number of rotatable bonds is 20. The molecule has 0 unspecified atom stereocenters. The number of aromatic nitrogens is 4. The molecule has 0 spiro atoms. The molecule has 0 bridgehead atoms. The first-order chi connectivity index (χ1) is 29.0. The third kappa shape index (κ3) is 11.0. The molecule has 0 radical (unpaired) electrons. The van der Waals surface area contributed by atoms with Crippen LogP contribution in [0.25, 0.3) is 22.8 Å². The summed E-state index contributed by atoms with van der Waals surface area (Å²) in [5.74, 6) is 5.88. The quantitative estimate of drug-likeness (QED) is 0.0823. The minimum absolute atomic E-state index is 0.142. The third-order valence-corrected chi connectivity index (χ3v) is 14.1. The monoisotopic (exact) mass is 799 g/mol. The molecule has 4 aromatic rings.